The number of hydrogen-bond acceptors (Lipinski definition) is 3. The molecule has 0 aromatic heterocycles. The fraction of sp³-hybridized carbons (Fsp3) is 1.00. The average molecular weight is 221 g/mol. The standard InChI is InChI=1S/C2H9NO6P2.CH4/c1-3(2)10(4,5)9-11(6,7)8;/h1-2H3,(H,4,5)(H2,6,7,8);1H4. The van der Waals surface area contributed by atoms with Crippen molar-refractivity contribution in [2.45, 2.75) is 7.43 Å². The van der Waals surface area contributed by atoms with Crippen LogP contribution in [-0.4, -0.2) is 33.4 Å². The molecule has 0 bridgehead atoms. The van der Waals surface area contributed by atoms with Gasteiger partial charge in [0.25, 0.3) is 0 Å². The highest BCUT2D eigenvalue weighted by Crippen LogP contribution is 2.57. The topological polar surface area (TPSA) is 107 Å². The highest BCUT2D eigenvalue weighted by Gasteiger charge is 2.32. The minimum atomic E-state index is -4.90. The SMILES string of the molecule is C.CN(C)P(=O)(O)OP(=O)(O)O. The molecule has 12 heavy (non-hydrogen) atoms. The fourth-order valence-corrected chi connectivity index (χ4v) is 1.90. The summed E-state index contributed by atoms with van der Waals surface area (Å²) in [6, 6.07) is 0. The molecule has 9 heteroatoms. The quantitative estimate of drug-likeness (QED) is 0.591. The van der Waals surface area contributed by atoms with E-state index in [0.29, 0.717) is 4.67 Å². The van der Waals surface area contributed by atoms with Crippen molar-refractivity contribution in [3.8, 4) is 0 Å². The molecule has 0 radical (unpaired) electrons. The molecule has 0 fully saturated rings. The van der Waals surface area contributed by atoms with Gasteiger partial charge in [0.05, 0.1) is 0 Å². The highest BCUT2D eigenvalue weighted by molar-refractivity contribution is 7.62. The maximum atomic E-state index is 10.7. The van der Waals surface area contributed by atoms with E-state index in [2.05, 4.69) is 4.31 Å². The largest absolute Gasteiger partial charge is 0.477 e. The molecule has 1 unspecified atom stereocenters. The van der Waals surface area contributed by atoms with E-state index in [4.69, 9.17) is 14.7 Å². The van der Waals surface area contributed by atoms with E-state index in [-0.39, 0.29) is 7.43 Å². The van der Waals surface area contributed by atoms with Crippen molar-refractivity contribution in [3.63, 3.8) is 0 Å². The molecule has 7 nitrogen and oxygen atoms in total. The van der Waals surface area contributed by atoms with E-state index < -0.39 is 15.6 Å². The predicted molar refractivity (Wildman–Crippen MR) is 43.4 cm³/mol. The molecule has 0 aliphatic rings. The van der Waals surface area contributed by atoms with Crippen molar-refractivity contribution in [1.29, 1.82) is 0 Å². The smallest absolute Gasteiger partial charge is 0.312 e. The van der Waals surface area contributed by atoms with Gasteiger partial charge in [-0.2, -0.15) is 4.31 Å². The summed E-state index contributed by atoms with van der Waals surface area (Å²) in [5.41, 5.74) is 0. The lowest BCUT2D eigenvalue weighted by molar-refractivity contribution is 0.242. The molecule has 0 heterocycles. The number of nitrogens with zero attached hydrogens (tertiary/aromatic N) is 1. The first-order valence-electron chi connectivity index (χ1n) is 2.42. The Kier molecular flexibility index (Phi) is 5.52. The molecular weight excluding hydrogens is 208 g/mol. The molecule has 1 atom stereocenters. The van der Waals surface area contributed by atoms with Crippen LogP contribution in [0.15, 0.2) is 0 Å². The van der Waals surface area contributed by atoms with E-state index in [9.17, 15) is 9.13 Å². The third-order valence-electron chi connectivity index (χ3n) is 0.718. The van der Waals surface area contributed by atoms with Gasteiger partial charge in [0, 0.05) is 0 Å². The number of phosphoric acid groups is 1. The molecule has 0 rings (SSSR count). The monoisotopic (exact) mass is 221 g/mol. The summed E-state index contributed by atoms with van der Waals surface area (Å²) < 4.78 is 25.0. The molecule has 0 saturated heterocycles. The summed E-state index contributed by atoms with van der Waals surface area (Å²) in [5.74, 6) is 0. The maximum Gasteiger partial charge on any atom is 0.477 e. The van der Waals surface area contributed by atoms with Gasteiger partial charge in [-0.1, -0.05) is 7.43 Å². The minimum absolute atomic E-state index is 0. The first kappa shape index (κ1) is 14.8. The molecule has 0 aliphatic heterocycles. The Hall–Kier alpha value is 0.260. The van der Waals surface area contributed by atoms with Gasteiger partial charge >= 0.3 is 15.6 Å². The third-order valence-corrected chi connectivity index (χ3v) is 3.43. The van der Waals surface area contributed by atoms with E-state index >= 15 is 0 Å². The zero-order valence-corrected chi connectivity index (χ0v) is 7.70. The zero-order chi connectivity index (χ0) is 9.28. The van der Waals surface area contributed by atoms with Crippen LogP contribution >= 0.6 is 15.6 Å². The van der Waals surface area contributed by atoms with Crippen molar-refractivity contribution in [3.05, 3.63) is 0 Å². The lowest BCUT2D eigenvalue weighted by Gasteiger charge is -2.17. The molecule has 0 aromatic rings. The van der Waals surface area contributed by atoms with E-state index in [1.807, 2.05) is 0 Å². The Morgan fingerprint density at radius 2 is 1.50 bits per heavy atom. The van der Waals surface area contributed by atoms with Gasteiger partial charge in [0.15, 0.2) is 0 Å². The Labute approximate surface area is 70.8 Å². The Morgan fingerprint density at radius 3 is 1.58 bits per heavy atom. The second-order valence-corrected chi connectivity index (χ2v) is 5.33. The van der Waals surface area contributed by atoms with Crippen LogP contribution in [0.25, 0.3) is 0 Å². The Morgan fingerprint density at radius 1 is 1.17 bits per heavy atom. The Balaban J connectivity index is 0. The maximum absolute atomic E-state index is 10.7. The number of hydrogen-bond donors (Lipinski definition) is 3. The molecular formula is C3H13NO6P2. The first-order chi connectivity index (χ1) is 4.65. The molecule has 0 spiro atoms. The van der Waals surface area contributed by atoms with Crippen molar-refractivity contribution in [2.24, 2.45) is 0 Å². The predicted octanol–water partition coefficient (Wildman–Crippen LogP) is 0.394. The van der Waals surface area contributed by atoms with Crippen LogP contribution in [0.4, 0.5) is 0 Å². The highest BCUT2D eigenvalue weighted by atomic mass is 31.3. The van der Waals surface area contributed by atoms with Gasteiger partial charge in [-0.3, -0.25) is 0 Å². The molecule has 0 amide bonds. The van der Waals surface area contributed by atoms with Crippen LogP contribution in [0.5, 0.6) is 0 Å². The van der Waals surface area contributed by atoms with Crippen LogP contribution in [-0.2, 0) is 13.4 Å². The summed E-state index contributed by atoms with van der Waals surface area (Å²) in [6.07, 6.45) is 0. The van der Waals surface area contributed by atoms with Crippen LogP contribution in [0, 0.1) is 0 Å². The average Bonchev–Trinajstić information content (AvgIpc) is 1.56. The summed E-state index contributed by atoms with van der Waals surface area (Å²) in [5, 5.41) is 0. The molecule has 3 N–H and O–H groups in total. The van der Waals surface area contributed by atoms with Gasteiger partial charge in [-0.25, -0.2) is 13.8 Å². The fourth-order valence-electron chi connectivity index (χ4n) is 0.212. The van der Waals surface area contributed by atoms with Gasteiger partial charge in [0.1, 0.15) is 0 Å². The van der Waals surface area contributed by atoms with Crippen LogP contribution in [0.3, 0.4) is 0 Å². The van der Waals surface area contributed by atoms with Crippen LogP contribution < -0.4 is 0 Å². The zero-order valence-electron chi connectivity index (χ0n) is 5.91. The van der Waals surface area contributed by atoms with Crippen LogP contribution in [0.2, 0.25) is 0 Å². The van der Waals surface area contributed by atoms with Gasteiger partial charge < -0.3 is 14.7 Å². The molecule has 76 valence electrons. The summed E-state index contributed by atoms with van der Waals surface area (Å²) >= 11 is 0. The van der Waals surface area contributed by atoms with Gasteiger partial charge in [0.2, 0.25) is 0 Å². The molecule has 0 saturated carbocycles. The van der Waals surface area contributed by atoms with Crippen molar-refractivity contribution >= 4 is 15.6 Å². The van der Waals surface area contributed by atoms with Gasteiger partial charge in [-0.15, -0.1) is 0 Å². The Bertz CT molecular complexity index is 221. The van der Waals surface area contributed by atoms with E-state index in [1.54, 1.807) is 0 Å². The normalized spacial score (nSPS) is 16.8. The van der Waals surface area contributed by atoms with Gasteiger partial charge in [-0.05, 0) is 14.1 Å². The lowest BCUT2D eigenvalue weighted by Crippen LogP contribution is -2.09. The second kappa shape index (κ2) is 4.48. The van der Waals surface area contributed by atoms with E-state index in [1.165, 1.54) is 0 Å². The van der Waals surface area contributed by atoms with Crippen molar-refractivity contribution < 1.29 is 28.1 Å². The molecule has 0 aromatic carbocycles. The molecule has 0 aliphatic carbocycles. The summed E-state index contributed by atoms with van der Waals surface area (Å²) in [4.78, 5) is 25.0. The van der Waals surface area contributed by atoms with Crippen molar-refractivity contribution in [1.82, 2.24) is 4.67 Å². The lowest BCUT2D eigenvalue weighted by atomic mass is 11.3. The van der Waals surface area contributed by atoms with E-state index in [0.717, 1.165) is 14.1 Å². The third kappa shape index (κ3) is 5.85. The van der Waals surface area contributed by atoms with Crippen LogP contribution in [0.1, 0.15) is 7.43 Å². The summed E-state index contributed by atoms with van der Waals surface area (Å²) in [7, 11) is -6.89. The minimum Gasteiger partial charge on any atom is -0.312 e. The first-order valence-corrected chi connectivity index (χ1v) is 5.49. The van der Waals surface area contributed by atoms with Crippen molar-refractivity contribution in [2.75, 3.05) is 14.1 Å². The number of rotatable bonds is 3. The summed E-state index contributed by atoms with van der Waals surface area (Å²) in [6.45, 7) is 0. The second-order valence-electron chi connectivity index (χ2n) is 1.91.